The number of amides is 1. The minimum atomic E-state index is -4.45. The molecule has 0 aliphatic carbocycles. The molecule has 1 amide bonds. The fraction of sp³-hybridized carbons (Fsp3) is 0.800. The van der Waals surface area contributed by atoms with E-state index in [2.05, 4.69) is 0 Å². The van der Waals surface area contributed by atoms with Gasteiger partial charge >= 0.3 is 12.1 Å². The Morgan fingerprint density at radius 2 is 1.80 bits per heavy atom. The van der Waals surface area contributed by atoms with Gasteiger partial charge < -0.3 is 15.9 Å². The molecule has 0 aliphatic rings. The van der Waals surface area contributed by atoms with Crippen LogP contribution in [-0.4, -0.2) is 33.6 Å². The van der Waals surface area contributed by atoms with E-state index >= 15 is 0 Å². The van der Waals surface area contributed by atoms with Crippen molar-refractivity contribution in [1.29, 1.82) is 0 Å². The number of carbonyl (C=O) groups excluding carboxylic acids is 1. The van der Waals surface area contributed by atoms with E-state index in [0.717, 1.165) is 0 Å². The average molecular weight is 317 g/mol. The normalized spacial score (nSPS) is 16.6. The maximum atomic E-state index is 12.0. The Kier molecular flexibility index (Phi) is 7.08. The zero-order valence-electron chi connectivity index (χ0n) is 10.4. The van der Waals surface area contributed by atoms with Gasteiger partial charge in [0.1, 0.15) is 0 Å². The Balaban J connectivity index is 4.80. The van der Waals surface area contributed by atoms with Gasteiger partial charge in [-0.2, -0.15) is 13.2 Å². The standard InChI is InChI=1S/C10H15F3NO5P/c11-10(12,13)5-1-4-9(18,20-19)6(8(16)17)2-3-7(14)15/h6,18H,1-5H2,(H2,14,15)(H,16,17). The fourth-order valence-electron chi connectivity index (χ4n) is 1.67. The highest BCUT2D eigenvalue weighted by molar-refractivity contribution is 7.25. The van der Waals surface area contributed by atoms with Gasteiger partial charge in [0.25, 0.3) is 0 Å². The molecular formula is C10H15F3NO5P. The summed E-state index contributed by atoms with van der Waals surface area (Å²) in [6.45, 7) is 0. The summed E-state index contributed by atoms with van der Waals surface area (Å²) < 4.78 is 47.0. The van der Waals surface area contributed by atoms with Crippen LogP contribution in [0.15, 0.2) is 0 Å². The summed E-state index contributed by atoms with van der Waals surface area (Å²) in [5, 5.41) is 16.5. The first-order valence-corrected chi connectivity index (χ1v) is 6.48. The number of primary amides is 1. The molecule has 2 atom stereocenters. The zero-order chi connectivity index (χ0) is 16.0. The van der Waals surface area contributed by atoms with Crippen molar-refractivity contribution in [2.75, 3.05) is 0 Å². The minimum absolute atomic E-state index is 0.381. The number of carboxylic acids is 1. The van der Waals surface area contributed by atoms with Crippen LogP contribution in [0.2, 0.25) is 0 Å². The lowest BCUT2D eigenvalue weighted by atomic mass is 9.92. The van der Waals surface area contributed by atoms with Crippen LogP contribution in [0, 0.1) is 5.92 Å². The summed E-state index contributed by atoms with van der Waals surface area (Å²) in [4.78, 5) is 21.6. The van der Waals surface area contributed by atoms with Crippen LogP contribution in [0.3, 0.4) is 0 Å². The predicted octanol–water partition coefficient (Wildman–Crippen LogP) is 1.67. The van der Waals surface area contributed by atoms with Gasteiger partial charge in [-0.05, 0) is 19.3 Å². The van der Waals surface area contributed by atoms with Crippen molar-refractivity contribution < 1.29 is 37.5 Å². The summed E-state index contributed by atoms with van der Waals surface area (Å²) in [7, 11) is -1.00. The first-order chi connectivity index (χ1) is 9.02. The fourth-order valence-corrected chi connectivity index (χ4v) is 2.29. The van der Waals surface area contributed by atoms with E-state index in [4.69, 9.17) is 10.8 Å². The number of carboxylic acid groups (broad SMARTS) is 1. The number of aliphatic hydroxyl groups is 1. The van der Waals surface area contributed by atoms with Gasteiger partial charge in [0, 0.05) is 12.8 Å². The molecule has 0 aromatic carbocycles. The Labute approximate surface area is 114 Å². The van der Waals surface area contributed by atoms with Gasteiger partial charge in [-0.3, -0.25) is 14.2 Å². The highest BCUT2D eigenvalue weighted by atomic mass is 31.1. The van der Waals surface area contributed by atoms with Crippen LogP contribution in [-0.2, 0) is 14.2 Å². The Bertz CT molecular complexity index is 376. The number of hydrogen-bond donors (Lipinski definition) is 3. The third kappa shape index (κ3) is 6.81. The maximum Gasteiger partial charge on any atom is 0.389 e. The molecule has 6 nitrogen and oxygen atoms in total. The van der Waals surface area contributed by atoms with Crippen LogP contribution in [0.1, 0.15) is 32.1 Å². The maximum absolute atomic E-state index is 12.0. The van der Waals surface area contributed by atoms with Crippen LogP contribution < -0.4 is 5.73 Å². The zero-order valence-corrected chi connectivity index (χ0v) is 11.3. The van der Waals surface area contributed by atoms with Crippen molar-refractivity contribution in [2.45, 2.75) is 43.6 Å². The molecule has 0 bridgehead atoms. The third-order valence-electron chi connectivity index (χ3n) is 2.70. The molecule has 2 unspecified atom stereocenters. The monoisotopic (exact) mass is 317 g/mol. The van der Waals surface area contributed by atoms with Crippen molar-refractivity contribution in [3.8, 4) is 0 Å². The average Bonchev–Trinajstić information content (AvgIpc) is 2.26. The van der Waals surface area contributed by atoms with Crippen molar-refractivity contribution in [3.05, 3.63) is 0 Å². The molecule has 10 heteroatoms. The SMILES string of the molecule is NC(=O)CCC(C(=O)O)C(O)(CCCC(F)(F)F)P=O. The van der Waals surface area contributed by atoms with E-state index < -0.39 is 63.5 Å². The van der Waals surface area contributed by atoms with Crippen LogP contribution in [0.5, 0.6) is 0 Å². The van der Waals surface area contributed by atoms with E-state index in [-0.39, 0.29) is 6.42 Å². The summed E-state index contributed by atoms with van der Waals surface area (Å²) in [5.41, 5.74) is 4.84. The molecule has 0 aliphatic heterocycles. The Morgan fingerprint density at radius 1 is 1.25 bits per heavy atom. The van der Waals surface area contributed by atoms with Gasteiger partial charge in [-0.1, -0.05) is 0 Å². The van der Waals surface area contributed by atoms with Gasteiger partial charge in [0.15, 0.2) is 13.8 Å². The van der Waals surface area contributed by atoms with Gasteiger partial charge in [-0.15, -0.1) is 0 Å². The summed E-state index contributed by atoms with van der Waals surface area (Å²) in [6, 6.07) is 0. The van der Waals surface area contributed by atoms with Crippen LogP contribution >= 0.6 is 8.46 Å². The third-order valence-corrected chi connectivity index (χ3v) is 3.55. The van der Waals surface area contributed by atoms with E-state index in [0.29, 0.717) is 0 Å². The van der Waals surface area contributed by atoms with E-state index in [1.165, 1.54) is 0 Å². The Morgan fingerprint density at radius 3 is 2.15 bits per heavy atom. The molecule has 4 N–H and O–H groups in total. The summed E-state index contributed by atoms with van der Waals surface area (Å²) >= 11 is 0. The molecule has 0 heterocycles. The second-order valence-electron chi connectivity index (χ2n) is 4.33. The quantitative estimate of drug-likeness (QED) is 0.559. The number of alkyl halides is 3. The highest BCUT2D eigenvalue weighted by Crippen LogP contribution is 2.38. The van der Waals surface area contributed by atoms with E-state index in [1.54, 1.807) is 0 Å². The number of aliphatic carboxylic acids is 1. The van der Waals surface area contributed by atoms with Crippen molar-refractivity contribution in [1.82, 2.24) is 0 Å². The molecule has 20 heavy (non-hydrogen) atoms. The molecular weight excluding hydrogens is 302 g/mol. The molecule has 0 spiro atoms. The molecule has 0 aromatic rings. The van der Waals surface area contributed by atoms with Gasteiger partial charge in [0.2, 0.25) is 5.91 Å². The highest BCUT2D eigenvalue weighted by Gasteiger charge is 2.43. The smallest absolute Gasteiger partial charge is 0.389 e. The number of rotatable bonds is 9. The number of nitrogens with two attached hydrogens (primary N) is 1. The molecule has 0 fully saturated rings. The largest absolute Gasteiger partial charge is 0.481 e. The van der Waals surface area contributed by atoms with Crippen LogP contribution in [0.4, 0.5) is 13.2 Å². The van der Waals surface area contributed by atoms with Crippen molar-refractivity contribution in [3.63, 3.8) is 0 Å². The van der Waals surface area contributed by atoms with Crippen molar-refractivity contribution >= 4 is 20.3 Å². The lowest BCUT2D eigenvalue weighted by Gasteiger charge is -2.27. The van der Waals surface area contributed by atoms with E-state index in [9.17, 15) is 32.4 Å². The molecule has 0 saturated carbocycles. The van der Waals surface area contributed by atoms with E-state index in [1.807, 2.05) is 0 Å². The topological polar surface area (TPSA) is 118 Å². The second-order valence-corrected chi connectivity index (χ2v) is 5.29. The molecule has 0 radical (unpaired) electrons. The van der Waals surface area contributed by atoms with Crippen molar-refractivity contribution in [2.24, 2.45) is 11.7 Å². The molecule has 0 aromatic heterocycles. The molecule has 0 rings (SSSR count). The number of hydrogen-bond acceptors (Lipinski definition) is 4. The van der Waals surface area contributed by atoms with Gasteiger partial charge in [0.05, 0.1) is 5.92 Å². The lowest BCUT2D eigenvalue weighted by molar-refractivity contribution is -0.149. The summed E-state index contributed by atoms with van der Waals surface area (Å²) in [6.07, 6.45) is -7.65. The molecule has 0 saturated heterocycles. The number of halogens is 3. The van der Waals surface area contributed by atoms with Crippen LogP contribution in [0.25, 0.3) is 0 Å². The van der Waals surface area contributed by atoms with Gasteiger partial charge in [-0.25, -0.2) is 0 Å². The molecule has 116 valence electrons. The minimum Gasteiger partial charge on any atom is -0.481 e. The summed E-state index contributed by atoms with van der Waals surface area (Å²) in [5.74, 6) is -4.01. The second kappa shape index (κ2) is 7.54. The number of carbonyl (C=O) groups is 2. The lowest BCUT2D eigenvalue weighted by Crippen LogP contribution is -2.38. The predicted molar refractivity (Wildman–Crippen MR) is 62.0 cm³/mol. The first-order valence-electron chi connectivity index (χ1n) is 5.66. The Hall–Kier alpha value is -1.21. The first kappa shape index (κ1) is 18.8.